The summed E-state index contributed by atoms with van der Waals surface area (Å²) in [6.45, 7) is 1.87. The maximum absolute atomic E-state index is 12.6. The molecule has 1 N–H and O–H groups in total. The topological polar surface area (TPSA) is 56.1 Å². The number of rotatable bonds is 2. The molecule has 0 bridgehead atoms. The van der Waals surface area contributed by atoms with Gasteiger partial charge in [0, 0.05) is 12.6 Å². The number of fused-ring (bicyclic) bond motifs is 1. The molecule has 5 nitrogen and oxygen atoms in total. The zero-order valence-electron chi connectivity index (χ0n) is 11.6. The molecular weight excluding hydrogens is 254 g/mol. The summed E-state index contributed by atoms with van der Waals surface area (Å²) in [6.07, 6.45) is 5.01. The van der Waals surface area contributed by atoms with Gasteiger partial charge >= 0.3 is 0 Å². The van der Waals surface area contributed by atoms with E-state index in [0.29, 0.717) is 10.9 Å². The molecule has 2 aromatic rings. The molecule has 106 valence electrons. The Labute approximate surface area is 117 Å². The van der Waals surface area contributed by atoms with Gasteiger partial charge in [0.1, 0.15) is 5.75 Å². The van der Waals surface area contributed by atoms with Crippen molar-refractivity contribution in [3.8, 4) is 5.75 Å². The Morgan fingerprint density at radius 3 is 3.15 bits per heavy atom. The third kappa shape index (κ3) is 2.41. The van der Waals surface area contributed by atoms with Crippen LogP contribution in [0.1, 0.15) is 25.3 Å². The quantitative estimate of drug-likeness (QED) is 0.905. The molecule has 1 aliphatic rings. The van der Waals surface area contributed by atoms with Crippen LogP contribution >= 0.6 is 0 Å². The second kappa shape index (κ2) is 5.63. The monoisotopic (exact) mass is 273 g/mol. The van der Waals surface area contributed by atoms with Crippen molar-refractivity contribution < 1.29 is 4.74 Å². The SMILES string of the molecule is COc1ccc2c(=O)n(C3CCCCNC3)cnc2c1. The highest BCUT2D eigenvalue weighted by atomic mass is 16.5. The summed E-state index contributed by atoms with van der Waals surface area (Å²) < 4.78 is 6.94. The molecular formula is C15H19N3O2. The lowest BCUT2D eigenvalue weighted by atomic mass is 10.1. The van der Waals surface area contributed by atoms with Crippen LogP contribution in [0.25, 0.3) is 10.9 Å². The van der Waals surface area contributed by atoms with E-state index in [1.54, 1.807) is 36.2 Å². The second-order valence-corrected chi connectivity index (χ2v) is 5.19. The Morgan fingerprint density at radius 2 is 2.30 bits per heavy atom. The van der Waals surface area contributed by atoms with Gasteiger partial charge in [-0.2, -0.15) is 0 Å². The smallest absolute Gasteiger partial charge is 0.261 e. The maximum atomic E-state index is 12.6. The lowest BCUT2D eigenvalue weighted by Crippen LogP contribution is -2.31. The van der Waals surface area contributed by atoms with Crippen LogP contribution in [0.2, 0.25) is 0 Å². The molecule has 1 atom stereocenters. The normalized spacial score (nSPS) is 19.8. The number of nitrogens with zero attached hydrogens (tertiary/aromatic N) is 2. The van der Waals surface area contributed by atoms with E-state index in [4.69, 9.17) is 4.74 Å². The zero-order chi connectivity index (χ0) is 13.9. The Kier molecular flexibility index (Phi) is 3.69. The molecule has 0 saturated carbocycles. The molecule has 5 heteroatoms. The van der Waals surface area contributed by atoms with Crippen LogP contribution in [0.5, 0.6) is 5.75 Å². The molecule has 1 saturated heterocycles. The van der Waals surface area contributed by atoms with Crippen molar-refractivity contribution >= 4 is 10.9 Å². The molecule has 20 heavy (non-hydrogen) atoms. The first kappa shape index (κ1) is 13.1. The second-order valence-electron chi connectivity index (χ2n) is 5.19. The fourth-order valence-corrected chi connectivity index (χ4v) is 2.74. The molecule has 1 unspecified atom stereocenters. The molecule has 3 rings (SSSR count). The van der Waals surface area contributed by atoms with Crippen LogP contribution in [0.4, 0.5) is 0 Å². The zero-order valence-corrected chi connectivity index (χ0v) is 11.6. The molecule has 1 aromatic carbocycles. The molecule has 0 amide bonds. The standard InChI is InChI=1S/C15H19N3O2/c1-20-12-5-6-13-14(8-12)17-10-18(15(13)19)11-4-2-3-7-16-9-11/h5-6,8,10-11,16H,2-4,7,9H2,1H3. The highest BCUT2D eigenvalue weighted by Crippen LogP contribution is 2.19. The first-order chi connectivity index (χ1) is 9.79. The summed E-state index contributed by atoms with van der Waals surface area (Å²) in [5, 5.41) is 4.03. The van der Waals surface area contributed by atoms with Crippen molar-refractivity contribution in [1.82, 2.24) is 14.9 Å². The predicted octanol–water partition coefficient (Wildman–Crippen LogP) is 1.72. The van der Waals surface area contributed by atoms with Gasteiger partial charge in [0.15, 0.2) is 0 Å². The molecule has 0 aliphatic carbocycles. The summed E-state index contributed by atoms with van der Waals surface area (Å²) in [7, 11) is 1.61. The lowest BCUT2D eigenvalue weighted by Gasteiger charge is -2.17. The van der Waals surface area contributed by atoms with E-state index in [1.165, 1.54) is 6.42 Å². The molecule has 1 aliphatic heterocycles. The summed E-state index contributed by atoms with van der Waals surface area (Å²) in [5.74, 6) is 0.721. The van der Waals surface area contributed by atoms with E-state index in [-0.39, 0.29) is 11.6 Å². The average Bonchev–Trinajstić information content (AvgIpc) is 2.76. The van der Waals surface area contributed by atoms with E-state index in [2.05, 4.69) is 10.3 Å². The van der Waals surface area contributed by atoms with Crippen LogP contribution in [-0.2, 0) is 0 Å². The van der Waals surface area contributed by atoms with Gasteiger partial charge in [-0.05, 0) is 31.5 Å². The Balaban J connectivity index is 2.04. The van der Waals surface area contributed by atoms with Gasteiger partial charge in [-0.15, -0.1) is 0 Å². The molecule has 2 heterocycles. The Morgan fingerprint density at radius 1 is 1.40 bits per heavy atom. The number of ether oxygens (including phenoxy) is 1. The largest absolute Gasteiger partial charge is 0.497 e. The Hall–Kier alpha value is -1.88. The van der Waals surface area contributed by atoms with Crippen LogP contribution in [0.3, 0.4) is 0 Å². The molecule has 0 radical (unpaired) electrons. The third-order valence-electron chi connectivity index (χ3n) is 3.91. The van der Waals surface area contributed by atoms with E-state index in [1.807, 2.05) is 0 Å². The number of nitrogens with one attached hydrogen (secondary N) is 1. The first-order valence-electron chi connectivity index (χ1n) is 7.05. The van der Waals surface area contributed by atoms with E-state index < -0.39 is 0 Å². The summed E-state index contributed by atoms with van der Waals surface area (Å²) in [6, 6.07) is 5.60. The van der Waals surface area contributed by atoms with Gasteiger partial charge in [0.2, 0.25) is 0 Å². The highest BCUT2D eigenvalue weighted by Gasteiger charge is 2.16. The minimum Gasteiger partial charge on any atom is -0.497 e. The molecule has 0 spiro atoms. The molecule has 1 aromatic heterocycles. The maximum Gasteiger partial charge on any atom is 0.261 e. The van der Waals surface area contributed by atoms with Crippen LogP contribution in [-0.4, -0.2) is 29.8 Å². The lowest BCUT2D eigenvalue weighted by molar-refractivity contribution is 0.415. The van der Waals surface area contributed by atoms with Crippen molar-refractivity contribution in [3.05, 3.63) is 34.9 Å². The van der Waals surface area contributed by atoms with E-state index in [0.717, 1.165) is 31.7 Å². The van der Waals surface area contributed by atoms with Crippen molar-refractivity contribution in [2.75, 3.05) is 20.2 Å². The fraction of sp³-hybridized carbons (Fsp3) is 0.467. The van der Waals surface area contributed by atoms with Gasteiger partial charge < -0.3 is 10.1 Å². The van der Waals surface area contributed by atoms with Gasteiger partial charge in [-0.25, -0.2) is 4.98 Å². The van der Waals surface area contributed by atoms with Crippen LogP contribution in [0, 0.1) is 0 Å². The van der Waals surface area contributed by atoms with Crippen molar-refractivity contribution in [2.45, 2.75) is 25.3 Å². The number of aromatic nitrogens is 2. The van der Waals surface area contributed by atoms with Crippen molar-refractivity contribution in [2.24, 2.45) is 0 Å². The van der Waals surface area contributed by atoms with Gasteiger partial charge in [0.05, 0.1) is 30.4 Å². The minimum atomic E-state index is 0.0337. The van der Waals surface area contributed by atoms with E-state index in [9.17, 15) is 4.79 Å². The highest BCUT2D eigenvalue weighted by molar-refractivity contribution is 5.78. The van der Waals surface area contributed by atoms with Gasteiger partial charge in [-0.1, -0.05) is 6.42 Å². The van der Waals surface area contributed by atoms with E-state index >= 15 is 0 Å². The third-order valence-corrected chi connectivity index (χ3v) is 3.91. The van der Waals surface area contributed by atoms with Crippen LogP contribution < -0.4 is 15.6 Å². The summed E-state index contributed by atoms with van der Waals surface area (Å²) in [4.78, 5) is 17.0. The number of benzene rings is 1. The first-order valence-corrected chi connectivity index (χ1v) is 7.05. The van der Waals surface area contributed by atoms with Gasteiger partial charge in [-0.3, -0.25) is 9.36 Å². The van der Waals surface area contributed by atoms with Gasteiger partial charge in [0.25, 0.3) is 5.56 Å². The number of hydrogen-bond acceptors (Lipinski definition) is 4. The summed E-state index contributed by atoms with van der Waals surface area (Å²) >= 11 is 0. The Bertz CT molecular complexity index is 658. The van der Waals surface area contributed by atoms with Crippen molar-refractivity contribution in [1.29, 1.82) is 0 Å². The molecule has 1 fully saturated rings. The fourth-order valence-electron chi connectivity index (χ4n) is 2.74. The van der Waals surface area contributed by atoms with Crippen molar-refractivity contribution in [3.63, 3.8) is 0 Å². The predicted molar refractivity (Wildman–Crippen MR) is 78.3 cm³/mol. The average molecular weight is 273 g/mol. The van der Waals surface area contributed by atoms with Crippen LogP contribution in [0.15, 0.2) is 29.3 Å². The number of hydrogen-bond donors (Lipinski definition) is 1. The number of methoxy groups -OCH3 is 1. The summed E-state index contributed by atoms with van der Waals surface area (Å²) in [5.41, 5.74) is 0.721. The minimum absolute atomic E-state index is 0.0337.